The molecule has 0 amide bonds. The van der Waals surface area contributed by atoms with Crippen LogP contribution in [0.3, 0.4) is 0 Å². The van der Waals surface area contributed by atoms with Gasteiger partial charge in [0, 0.05) is 24.8 Å². The van der Waals surface area contributed by atoms with Gasteiger partial charge in [0.05, 0.1) is 31.4 Å². The molecule has 276 valence electrons. The number of hydrogen-bond acceptors (Lipinski definition) is 11. The number of aromatic nitrogens is 2. The molecule has 18 nitrogen and oxygen atoms in total. The van der Waals surface area contributed by atoms with Crippen LogP contribution >= 0.6 is 0 Å². The fraction of sp³-hybridized carbons (Fsp3) is 0.394. The van der Waals surface area contributed by atoms with Gasteiger partial charge in [0.2, 0.25) is 0 Å². The number of likely N-dealkylation sites (tertiary alicyclic amines) is 1. The van der Waals surface area contributed by atoms with E-state index in [-0.39, 0.29) is 5.56 Å². The second-order valence-electron chi connectivity index (χ2n) is 11.9. The number of rotatable bonds is 14. The van der Waals surface area contributed by atoms with E-state index in [1.165, 1.54) is 41.1 Å². The average Bonchev–Trinajstić information content (AvgIpc) is 3.43. The largest absolute Gasteiger partial charge is 0.481 e. The summed E-state index contributed by atoms with van der Waals surface area (Å²) in [6.07, 6.45) is 0.796. The Morgan fingerprint density at radius 2 is 1.24 bits per heavy atom. The highest BCUT2D eigenvalue weighted by atomic mass is 16.4. The van der Waals surface area contributed by atoms with Gasteiger partial charge in [-0.1, -0.05) is 24.3 Å². The zero-order valence-corrected chi connectivity index (χ0v) is 27.4. The molecule has 0 saturated carbocycles. The zero-order chi connectivity index (χ0) is 38.5. The van der Waals surface area contributed by atoms with Crippen LogP contribution in [0.25, 0.3) is 16.5 Å². The molecule has 1 aromatic heterocycles. The second-order valence-corrected chi connectivity index (χ2v) is 11.9. The van der Waals surface area contributed by atoms with Crippen LogP contribution in [0.5, 0.6) is 0 Å². The van der Waals surface area contributed by atoms with E-state index >= 15 is 0 Å². The number of fused-ring (bicyclic) bond motifs is 1. The fourth-order valence-electron chi connectivity index (χ4n) is 5.15. The number of aliphatic carboxylic acids is 6. The normalized spacial score (nSPS) is 14.4. The van der Waals surface area contributed by atoms with Crippen molar-refractivity contribution in [2.45, 2.75) is 69.1 Å². The SMILES string of the molecule is C[C@@H]1CCCN1CCc1ccc2cc(-n3ncccc3=O)ccc2c1.O=C(O)CC(O)(CC(=O)O)C(=O)O.O=C(O)CC(O)(CC(=O)O)C(=O)O. The lowest BCUT2D eigenvalue weighted by atomic mass is 9.96. The van der Waals surface area contributed by atoms with Crippen LogP contribution in [-0.2, 0) is 35.2 Å². The summed E-state index contributed by atoms with van der Waals surface area (Å²) in [6, 6.07) is 16.6. The molecule has 1 saturated heterocycles. The van der Waals surface area contributed by atoms with Crippen LogP contribution < -0.4 is 5.56 Å². The number of carboxylic acid groups (broad SMARTS) is 6. The molecule has 1 fully saturated rings. The molecular formula is C33H39N3O15. The molecule has 0 unspecified atom stereocenters. The molecule has 0 spiro atoms. The summed E-state index contributed by atoms with van der Waals surface area (Å²) in [6.45, 7) is 4.69. The molecule has 1 aliphatic rings. The molecule has 0 bridgehead atoms. The Balaban J connectivity index is 0.000000296. The van der Waals surface area contributed by atoms with Crippen LogP contribution in [0.2, 0.25) is 0 Å². The monoisotopic (exact) mass is 717 g/mol. The minimum atomic E-state index is -2.74. The average molecular weight is 718 g/mol. The van der Waals surface area contributed by atoms with Gasteiger partial charge in [-0.05, 0) is 67.3 Å². The predicted octanol–water partition coefficient (Wildman–Crippen LogP) is 0.916. The van der Waals surface area contributed by atoms with E-state index < -0.39 is 72.7 Å². The van der Waals surface area contributed by atoms with Gasteiger partial charge in [-0.25, -0.2) is 9.59 Å². The van der Waals surface area contributed by atoms with Crippen LogP contribution in [0.15, 0.2) is 59.5 Å². The highest BCUT2D eigenvalue weighted by Gasteiger charge is 2.41. The number of nitrogens with zero attached hydrogens (tertiary/aromatic N) is 3. The first-order valence-corrected chi connectivity index (χ1v) is 15.4. The quantitative estimate of drug-likeness (QED) is 0.115. The Morgan fingerprint density at radius 1 is 0.745 bits per heavy atom. The summed E-state index contributed by atoms with van der Waals surface area (Å²) >= 11 is 0. The zero-order valence-electron chi connectivity index (χ0n) is 27.4. The lowest BCUT2D eigenvalue weighted by Crippen LogP contribution is -2.42. The van der Waals surface area contributed by atoms with Crippen molar-refractivity contribution < 1.29 is 69.6 Å². The second kappa shape index (κ2) is 18.3. The number of benzene rings is 2. The van der Waals surface area contributed by atoms with Gasteiger partial charge in [0.1, 0.15) is 0 Å². The number of carbonyl (C=O) groups is 6. The lowest BCUT2D eigenvalue weighted by molar-refractivity contribution is -0.170. The molecular weight excluding hydrogens is 678 g/mol. The summed E-state index contributed by atoms with van der Waals surface area (Å²) in [5.41, 5.74) is -3.42. The molecule has 1 aliphatic heterocycles. The molecule has 8 N–H and O–H groups in total. The van der Waals surface area contributed by atoms with Gasteiger partial charge in [-0.15, -0.1) is 0 Å². The Kier molecular flexibility index (Phi) is 14.9. The lowest BCUT2D eigenvalue weighted by Gasteiger charge is -2.20. The molecule has 4 rings (SSSR count). The van der Waals surface area contributed by atoms with Gasteiger partial charge in [0.25, 0.3) is 5.56 Å². The topological polar surface area (TPSA) is 302 Å². The van der Waals surface area contributed by atoms with Gasteiger partial charge in [-0.2, -0.15) is 9.78 Å². The summed E-state index contributed by atoms with van der Waals surface area (Å²) < 4.78 is 1.43. The van der Waals surface area contributed by atoms with E-state index in [0.29, 0.717) is 0 Å². The molecule has 2 aromatic carbocycles. The standard InChI is InChI=1S/C21H23N3O.2C6H8O7/c1-16-4-3-12-23(16)13-10-17-6-7-19-15-20(9-8-18(19)14-17)24-21(25)5-2-11-22-24;2*7-3(8)1-6(13,5(11)12)2-4(9)10/h2,5-9,11,14-16H,3-4,10,12-13H2,1H3;2*13H,1-2H2,(H,7,8)(H,9,10)(H,11,12)/t16-;;/m1../s1. The van der Waals surface area contributed by atoms with E-state index in [0.717, 1.165) is 30.1 Å². The number of hydrogen-bond donors (Lipinski definition) is 8. The van der Waals surface area contributed by atoms with Gasteiger partial charge < -0.3 is 45.8 Å². The molecule has 3 aromatic rings. The maximum absolute atomic E-state index is 11.9. The highest BCUT2D eigenvalue weighted by molar-refractivity contribution is 5.89. The van der Waals surface area contributed by atoms with Crippen molar-refractivity contribution in [3.63, 3.8) is 0 Å². The van der Waals surface area contributed by atoms with Crippen LogP contribution in [-0.4, -0.2) is 122 Å². The Bertz CT molecular complexity index is 1720. The van der Waals surface area contributed by atoms with Crippen molar-refractivity contribution in [2.75, 3.05) is 13.1 Å². The van der Waals surface area contributed by atoms with Gasteiger partial charge in [0.15, 0.2) is 11.2 Å². The van der Waals surface area contributed by atoms with E-state index in [9.17, 15) is 33.6 Å². The van der Waals surface area contributed by atoms with E-state index in [1.807, 2.05) is 12.1 Å². The Hall–Kier alpha value is -5.72. The van der Waals surface area contributed by atoms with Crippen LogP contribution in [0.1, 0.15) is 51.0 Å². The first-order valence-electron chi connectivity index (χ1n) is 15.4. The van der Waals surface area contributed by atoms with Crippen molar-refractivity contribution in [1.82, 2.24) is 14.7 Å². The maximum atomic E-state index is 11.9. The van der Waals surface area contributed by atoms with E-state index in [2.05, 4.69) is 41.2 Å². The Labute approximate surface area is 289 Å². The van der Waals surface area contributed by atoms with Crippen molar-refractivity contribution in [2.24, 2.45) is 0 Å². The summed E-state index contributed by atoms with van der Waals surface area (Å²) in [7, 11) is 0. The summed E-state index contributed by atoms with van der Waals surface area (Å²) in [5.74, 6) is -10.0. The van der Waals surface area contributed by atoms with Crippen LogP contribution in [0.4, 0.5) is 0 Å². The third kappa shape index (κ3) is 12.9. The molecule has 2 heterocycles. The highest BCUT2D eigenvalue weighted by Crippen LogP contribution is 2.22. The van der Waals surface area contributed by atoms with Crippen molar-refractivity contribution in [1.29, 1.82) is 0 Å². The van der Waals surface area contributed by atoms with Crippen molar-refractivity contribution in [3.05, 3.63) is 70.6 Å². The molecule has 51 heavy (non-hydrogen) atoms. The van der Waals surface area contributed by atoms with Gasteiger partial charge >= 0.3 is 35.8 Å². The molecule has 0 radical (unpaired) electrons. The van der Waals surface area contributed by atoms with Crippen molar-refractivity contribution in [3.8, 4) is 5.69 Å². The first-order chi connectivity index (χ1) is 23.8. The minimum Gasteiger partial charge on any atom is -0.481 e. The molecule has 18 heteroatoms. The number of carboxylic acids is 6. The van der Waals surface area contributed by atoms with E-state index in [4.69, 9.17) is 40.9 Å². The molecule has 1 atom stereocenters. The van der Waals surface area contributed by atoms with Crippen LogP contribution in [0, 0.1) is 0 Å². The molecule has 0 aliphatic carbocycles. The third-order valence-electron chi connectivity index (χ3n) is 7.80. The summed E-state index contributed by atoms with van der Waals surface area (Å²) in [4.78, 5) is 75.5. The van der Waals surface area contributed by atoms with Crippen molar-refractivity contribution >= 4 is 46.6 Å². The summed E-state index contributed by atoms with van der Waals surface area (Å²) in [5, 5.41) is 74.1. The number of aliphatic hydroxyl groups is 2. The van der Waals surface area contributed by atoms with Gasteiger partial charge in [-0.3, -0.25) is 24.0 Å². The first kappa shape index (κ1) is 41.5. The third-order valence-corrected chi connectivity index (χ3v) is 7.80. The maximum Gasteiger partial charge on any atom is 0.336 e. The fourth-order valence-corrected chi connectivity index (χ4v) is 5.15. The predicted molar refractivity (Wildman–Crippen MR) is 175 cm³/mol. The smallest absolute Gasteiger partial charge is 0.336 e. The Morgan fingerprint density at radius 3 is 1.67 bits per heavy atom. The van der Waals surface area contributed by atoms with E-state index in [1.54, 1.807) is 12.3 Å². The minimum absolute atomic E-state index is 0.113.